The van der Waals surface area contributed by atoms with Gasteiger partial charge in [0.25, 0.3) is 0 Å². The fourth-order valence-electron chi connectivity index (χ4n) is 8.01. The maximum atomic E-state index is 11.7. The molecule has 0 atom stereocenters. The zero-order chi connectivity index (χ0) is 46.4. The number of piperidine rings is 1. The molecule has 1 fully saturated rings. The first-order valence-electron chi connectivity index (χ1n) is 21.0. The predicted molar refractivity (Wildman–Crippen MR) is 256 cm³/mol. The Hall–Kier alpha value is -7.72. The van der Waals surface area contributed by atoms with Gasteiger partial charge in [0.15, 0.2) is 0 Å². The van der Waals surface area contributed by atoms with E-state index in [-0.39, 0.29) is 17.4 Å². The topological polar surface area (TPSA) is 232 Å². The van der Waals surface area contributed by atoms with E-state index in [1.165, 1.54) is 29.5 Å². The third-order valence-electron chi connectivity index (χ3n) is 11.2. The first-order valence-corrected chi connectivity index (χ1v) is 23.4. The van der Waals surface area contributed by atoms with Crippen LogP contribution >= 0.6 is 11.3 Å². The Labute approximate surface area is 386 Å². The molecule has 1 saturated heterocycles. The minimum Gasteiger partial charge on any atom is -0.437 e. The van der Waals surface area contributed by atoms with E-state index in [1.54, 1.807) is 54.7 Å². The molecule has 17 heteroatoms. The number of ether oxygens (including phenoxy) is 1. The van der Waals surface area contributed by atoms with Gasteiger partial charge in [-0.3, -0.25) is 4.90 Å². The van der Waals surface area contributed by atoms with Gasteiger partial charge in [0.1, 0.15) is 16.3 Å². The Morgan fingerprint density at radius 3 is 2.30 bits per heavy atom. The average Bonchev–Trinajstić information content (AvgIpc) is 3.78. The van der Waals surface area contributed by atoms with Gasteiger partial charge in [-0.05, 0) is 145 Å². The molecule has 0 unspecified atom stereocenters. The number of primary sulfonamides is 1. The number of allylic oxidation sites excluding steroid dienone is 1. The summed E-state index contributed by atoms with van der Waals surface area (Å²) >= 11 is 1.47. The highest BCUT2D eigenvalue weighted by molar-refractivity contribution is 7.89. The number of nitriles is 3. The molecule has 0 aliphatic carbocycles. The van der Waals surface area contributed by atoms with E-state index >= 15 is 0 Å². The van der Waals surface area contributed by atoms with E-state index in [1.807, 2.05) is 56.5 Å². The number of fused-ring (bicyclic) bond motifs is 1. The number of aryl methyl sites for hydroxylation is 3. The Kier molecular flexibility index (Phi) is 13.3. The van der Waals surface area contributed by atoms with Crippen LogP contribution in [0.25, 0.3) is 16.3 Å². The van der Waals surface area contributed by atoms with Gasteiger partial charge in [-0.1, -0.05) is 12.1 Å². The van der Waals surface area contributed by atoms with Crippen LogP contribution in [0.2, 0.25) is 0 Å². The van der Waals surface area contributed by atoms with E-state index in [9.17, 15) is 18.9 Å². The number of hydrogen-bond donors (Lipinski definition) is 4. The van der Waals surface area contributed by atoms with Gasteiger partial charge in [-0.15, -0.1) is 11.3 Å². The molecule has 15 nitrogen and oxygen atoms in total. The van der Waals surface area contributed by atoms with Gasteiger partial charge in [-0.2, -0.15) is 25.8 Å². The molecule has 0 bridgehead atoms. The summed E-state index contributed by atoms with van der Waals surface area (Å²) in [5.74, 6) is 2.26. The lowest BCUT2D eigenvalue weighted by molar-refractivity contribution is 0.211. The lowest BCUT2D eigenvalue weighted by Gasteiger charge is -2.32. The molecule has 0 amide bonds. The van der Waals surface area contributed by atoms with Gasteiger partial charge in [-0.25, -0.2) is 23.5 Å². The average molecular weight is 913 g/mol. The lowest BCUT2D eigenvalue weighted by Crippen LogP contribution is -2.39. The molecule has 4 heterocycles. The Balaban J connectivity index is 1.02. The number of nitrogens with one attached hydrogen (secondary N) is 3. The van der Waals surface area contributed by atoms with Crippen LogP contribution in [0.15, 0.2) is 101 Å². The third-order valence-corrected chi connectivity index (χ3v) is 13.0. The van der Waals surface area contributed by atoms with Crippen LogP contribution in [0.4, 0.5) is 29.1 Å². The predicted octanol–water partition coefficient (Wildman–Crippen LogP) is 9.28. The zero-order valence-corrected chi connectivity index (χ0v) is 38.0. The second kappa shape index (κ2) is 19.6. The summed E-state index contributed by atoms with van der Waals surface area (Å²) in [6.07, 6.45) is 6.85. The molecule has 0 radical (unpaired) electrons. The van der Waals surface area contributed by atoms with Crippen molar-refractivity contribution in [3.8, 4) is 29.8 Å². The minimum absolute atomic E-state index is 0.0951. The molecular weight excluding hydrogens is 869 g/mol. The Morgan fingerprint density at radius 2 is 1.59 bits per heavy atom. The summed E-state index contributed by atoms with van der Waals surface area (Å²) in [5, 5.41) is 46.5. The summed E-state index contributed by atoms with van der Waals surface area (Å²) < 4.78 is 30.9. The van der Waals surface area contributed by atoms with Gasteiger partial charge >= 0.3 is 0 Å². The maximum Gasteiger partial charge on any atom is 0.242 e. The van der Waals surface area contributed by atoms with Gasteiger partial charge in [0.2, 0.25) is 27.8 Å². The van der Waals surface area contributed by atoms with E-state index in [0.717, 1.165) is 75.2 Å². The van der Waals surface area contributed by atoms with Crippen LogP contribution in [0.3, 0.4) is 0 Å². The van der Waals surface area contributed by atoms with Gasteiger partial charge in [0.05, 0.1) is 39.7 Å². The summed E-state index contributed by atoms with van der Waals surface area (Å²) in [7, 11) is -3.74. The van der Waals surface area contributed by atoms with Crippen molar-refractivity contribution in [1.29, 1.82) is 15.8 Å². The molecule has 1 aliphatic rings. The van der Waals surface area contributed by atoms with Crippen molar-refractivity contribution >= 4 is 66.7 Å². The summed E-state index contributed by atoms with van der Waals surface area (Å²) in [5.41, 5.74) is 9.32. The first kappa shape index (κ1) is 44.9. The van der Waals surface area contributed by atoms with Crippen molar-refractivity contribution in [3.63, 3.8) is 0 Å². The maximum absolute atomic E-state index is 11.7. The fourth-order valence-corrected chi connectivity index (χ4v) is 9.29. The quantitative estimate of drug-likeness (QED) is 0.0745. The Bertz CT molecular complexity index is 3210. The molecule has 3 aromatic heterocycles. The van der Waals surface area contributed by atoms with Crippen molar-refractivity contribution in [3.05, 3.63) is 147 Å². The first-order chi connectivity index (χ1) is 31.8. The molecule has 5 N–H and O–H groups in total. The number of hydrogen-bond acceptors (Lipinski definition) is 15. The van der Waals surface area contributed by atoms with E-state index < -0.39 is 10.0 Å². The standard InChI is InChI=1S/C49H44N12O3S2/c1-30-21-34(5-4-16-50)22-31(2)44(30)58-43-12-17-54-48(59-43)56-41-11-8-35(27-51)24-37(41)26-38-25-36(28-52)23-32(3)45(38)64-47-46-42(15-20-65-46)57-49(60-47)55-39-13-18-61(19-14-39)29-33-6-9-40(10-7-33)66(53,62)63/h4-12,15,17,20-25,39H,13-14,18-19,26,29H2,1-3H3,(H2,53,62,63)(H,55,57,60)(H2,54,56,58,59)/b5-4+. The van der Waals surface area contributed by atoms with Crippen LogP contribution in [-0.4, -0.2) is 52.4 Å². The third kappa shape index (κ3) is 10.6. The van der Waals surface area contributed by atoms with Crippen molar-refractivity contribution < 1.29 is 13.2 Å². The number of rotatable bonds is 14. The summed E-state index contributed by atoms with van der Waals surface area (Å²) in [6.45, 7) is 8.21. The molecule has 330 valence electrons. The highest BCUT2D eigenvalue weighted by Crippen LogP contribution is 2.38. The fraction of sp³-hybridized carbons (Fsp3) is 0.204. The monoisotopic (exact) mass is 912 g/mol. The van der Waals surface area contributed by atoms with E-state index in [4.69, 9.17) is 30.1 Å². The number of nitrogens with two attached hydrogens (primary N) is 1. The highest BCUT2D eigenvalue weighted by Gasteiger charge is 2.23. The molecule has 0 spiro atoms. The van der Waals surface area contributed by atoms with Crippen LogP contribution < -0.4 is 25.8 Å². The SMILES string of the molecule is Cc1cc(/C=C/C#N)cc(C)c1Nc1ccnc(Nc2ccc(C#N)cc2Cc2cc(C#N)cc(C)c2Oc2nc(NC3CCN(Cc4ccc(S(N)(=O)=O)cc4)CC3)nc3ccsc23)n1. The van der Waals surface area contributed by atoms with Crippen LogP contribution in [-0.2, 0) is 23.0 Å². The highest BCUT2D eigenvalue weighted by atomic mass is 32.2. The second-order valence-electron chi connectivity index (χ2n) is 16.0. The molecule has 1 aliphatic heterocycles. The normalized spacial score (nSPS) is 13.2. The number of likely N-dealkylation sites (tertiary alicyclic amines) is 1. The second-order valence-corrected chi connectivity index (χ2v) is 18.5. The molecule has 66 heavy (non-hydrogen) atoms. The number of aromatic nitrogens is 4. The number of benzene rings is 4. The molecular formula is C49H44N12O3S2. The van der Waals surface area contributed by atoms with Crippen LogP contribution in [0, 0.1) is 54.8 Å². The van der Waals surface area contributed by atoms with E-state index in [0.29, 0.717) is 58.3 Å². The molecule has 4 aromatic carbocycles. The van der Waals surface area contributed by atoms with Crippen molar-refractivity contribution in [2.45, 2.75) is 57.5 Å². The van der Waals surface area contributed by atoms with Crippen LogP contribution in [0.5, 0.6) is 11.6 Å². The smallest absolute Gasteiger partial charge is 0.242 e. The summed E-state index contributed by atoms with van der Waals surface area (Å²) in [6, 6.07) is 30.0. The molecule has 0 saturated carbocycles. The minimum atomic E-state index is -3.74. The van der Waals surface area contributed by atoms with Crippen molar-refractivity contribution in [2.24, 2.45) is 5.14 Å². The lowest BCUT2D eigenvalue weighted by atomic mass is 9.97. The largest absolute Gasteiger partial charge is 0.437 e. The van der Waals surface area contributed by atoms with Crippen LogP contribution in [0.1, 0.15) is 62.9 Å². The Morgan fingerprint density at radius 1 is 0.848 bits per heavy atom. The van der Waals surface area contributed by atoms with Crippen molar-refractivity contribution in [2.75, 3.05) is 29.0 Å². The number of thiophene rings is 1. The van der Waals surface area contributed by atoms with Gasteiger partial charge in [0, 0.05) is 61.3 Å². The number of nitrogens with zero attached hydrogens (tertiary/aromatic N) is 8. The van der Waals surface area contributed by atoms with Crippen molar-refractivity contribution in [1.82, 2.24) is 24.8 Å². The molecule has 7 aromatic rings. The van der Waals surface area contributed by atoms with Gasteiger partial charge < -0.3 is 20.7 Å². The van der Waals surface area contributed by atoms with E-state index in [2.05, 4.69) is 38.0 Å². The molecule has 8 rings (SSSR count). The number of anilines is 5. The summed E-state index contributed by atoms with van der Waals surface area (Å²) in [4.78, 5) is 21.4. The number of sulfonamides is 1. The zero-order valence-electron chi connectivity index (χ0n) is 36.3.